The lowest BCUT2D eigenvalue weighted by molar-refractivity contribution is -0.131. The van der Waals surface area contributed by atoms with Crippen molar-refractivity contribution in [1.82, 2.24) is 19.9 Å². The van der Waals surface area contributed by atoms with Crippen LogP contribution in [0.15, 0.2) is 12.4 Å². The fraction of sp³-hybridized carbons (Fsp3) is 0.529. The predicted molar refractivity (Wildman–Crippen MR) is 91.4 cm³/mol. The number of carbonyl (C=O) groups is 1. The number of amides is 1. The number of H-pyrrole nitrogens is 1. The van der Waals surface area contributed by atoms with E-state index in [0.717, 1.165) is 29.0 Å². The number of piperidine rings is 1. The Morgan fingerprint density at radius 1 is 1.54 bits per heavy atom. The highest BCUT2D eigenvalue weighted by molar-refractivity contribution is 5.88. The van der Waals surface area contributed by atoms with Gasteiger partial charge in [-0.2, -0.15) is 5.26 Å². The van der Waals surface area contributed by atoms with E-state index in [2.05, 4.69) is 26.8 Å². The predicted octanol–water partition coefficient (Wildman–Crippen LogP) is 1.85. The molecule has 2 unspecified atom stereocenters. The van der Waals surface area contributed by atoms with Crippen molar-refractivity contribution < 1.29 is 4.79 Å². The fourth-order valence-corrected chi connectivity index (χ4v) is 3.46. The Bertz CT molecular complexity index is 792. The van der Waals surface area contributed by atoms with Crippen LogP contribution in [0.2, 0.25) is 0 Å². The highest BCUT2D eigenvalue weighted by atomic mass is 16.2. The number of nitrogens with zero attached hydrogens (tertiary/aromatic N) is 5. The number of hydrogen-bond donors (Lipinski definition) is 1. The smallest absolute Gasteiger partial charge is 0.236 e. The zero-order chi connectivity index (χ0) is 17.3. The number of aromatic amines is 1. The minimum Gasteiger partial charge on any atom is -0.354 e. The van der Waals surface area contributed by atoms with E-state index in [4.69, 9.17) is 5.26 Å². The molecule has 1 saturated heterocycles. The van der Waals surface area contributed by atoms with Crippen LogP contribution in [-0.4, -0.2) is 51.9 Å². The Hall–Kier alpha value is -2.62. The number of hydrogen-bond acceptors (Lipinski definition) is 5. The second kappa shape index (κ2) is 6.48. The van der Waals surface area contributed by atoms with Gasteiger partial charge in [0.25, 0.3) is 0 Å². The minimum absolute atomic E-state index is 0.0560. The van der Waals surface area contributed by atoms with Gasteiger partial charge in [-0.1, -0.05) is 6.92 Å². The summed E-state index contributed by atoms with van der Waals surface area (Å²) in [5, 5.41) is 9.76. The van der Waals surface area contributed by atoms with E-state index in [9.17, 15) is 4.79 Å². The summed E-state index contributed by atoms with van der Waals surface area (Å²) in [7, 11) is 2.02. The van der Waals surface area contributed by atoms with Gasteiger partial charge in [-0.3, -0.25) is 4.79 Å². The number of likely N-dealkylation sites (N-methyl/N-ethyl adjacent to an activating group) is 1. The van der Waals surface area contributed by atoms with E-state index in [1.807, 2.05) is 26.1 Å². The van der Waals surface area contributed by atoms with Crippen LogP contribution in [-0.2, 0) is 4.79 Å². The molecule has 2 atom stereocenters. The van der Waals surface area contributed by atoms with Crippen molar-refractivity contribution >= 4 is 22.8 Å². The van der Waals surface area contributed by atoms with Crippen LogP contribution in [0, 0.1) is 24.2 Å². The number of aryl methyl sites for hydroxylation is 1. The zero-order valence-corrected chi connectivity index (χ0v) is 14.3. The Labute approximate surface area is 141 Å². The largest absolute Gasteiger partial charge is 0.354 e. The third-order valence-corrected chi connectivity index (χ3v) is 4.87. The van der Waals surface area contributed by atoms with Gasteiger partial charge in [0.05, 0.1) is 17.5 Å². The van der Waals surface area contributed by atoms with Gasteiger partial charge in [0.1, 0.15) is 24.2 Å². The normalized spacial score (nSPS) is 20.8. The van der Waals surface area contributed by atoms with Crippen molar-refractivity contribution in [2.45, 2.75) is 32.7 Å². The van der Waals surface area contributed by atoms with Crippen LogP contribution in [0.1, 0.15) is 25.5 Å². The lowest BCUT2D eigenvalue weighted by Crippen LogP contribution is -2.52. The van der Waals surface area contributed by atoms with Crippen molar-refractivity contribution in [2.75, 3.05) is 25.0 Å². The number of anilines is 1. The molecule has 3 heterocycles. The van der Waals surface area contributed by atoms with Gasteiger partial charge < -0.3 is 14.8 Å². The second-order valence-corrected chi connectivity index (χ2v) is 6.53. The molecule has 0 spiro atoms. The van der Waals surface area contributed by atoms with Gasteiger partial charge in [0, 0.05) is 25.8 Å². The molecule has 7 heteroatoms. The minimum atomic E-state index is -0.0897. The number of likely N-dealkylation sites (tertiary alicyclic amines) is 1. The van der Waals surface area contributed by atoms with Crippen molar-refractivity contribution in [1.29, 1.82) is 5.26 Å². The van der Waals surface area contributed by atoms with Crippen LogP contribution in [0.5, 0.6) is 0 Å². The molecular formula is C17H22N6O. The van der Waals surface area contributed by atoms with Crippen molar-refractivity contribution in [2.24, 2.45) is 5.92 Å². The third-order valence-electron chi connectivity index (χ3n) is 4.87. The molecule has 24 heavy (non-hydrogen) atoms. The molecule has 0 aromatic carbocycles. The average molecular weight is 326 g/mol. The number of nitriles is 1. The summed E-state index contributed by atoms with van der Waals surface area (Å²) in [6.07, 6.45) is 2.43. The summed E-state index contributed by atoms with van der Waals surface area (Å²) in [6, 6.07) is 4.16. The molecule has 0 aliphatic carbocycles. The lowest BCUT2D eigenvalue weighted by atomic mass is 9.92. The zero-order valence-electron chi connectivity index (χ0n) is 14.3. The fourth-order valence-electron chi connectivity index (χ4n) is 3.46. The molecule has 7 nitrogen and oxygen atoms in total. The molecule has 3 rings (SSSR count). The van der Waals surface area contributed by atoms with Crippen molar-refractivity contribution in [3.63, 3.8) is 0 Å². The summed E-state index contributed by atoms with van der Waals surface area (Å²) in [5.41, 5.74) is 1.87. The van der Waals surface area contributed by atoms with Gasteiger partial charge in [0.15, 0.2) is 0 Å². The quantitative estimate of drug-likeness (QED) is 0.930. The SMILES string of the molecule is Cc1cc2c(N(C)C3CN(C(=O)CC#N)CCC3C)ncnc2[nH]1. The maximum atomic E-state index is 12.1. The second-order valence-electron chi connectivity index (χ2n) is 6.53. The first-order valence-corrected chi connectivity index (χ1v) is 8.19. The van der Waals surface area contributed by atoms with E-state index < -0.39 is 0 Å². The monoisotopic (exact) mass is 326 g/mol. The standard InChI is InChI=1S/C17H22N6O/c1-11-5-7-23(15(24)4-6-18)9-14(11)22(3)17-13-8-12(2)21-16(13)19-10-20-17/h8,10-11,14H,4-5,7,9H2,1-3H3,(H,19,20,21). The number of rotatable bonds is 3. The van der Waals surface area contributed by atoms with Crippen LogP contribution in [0.4, 0.5) is 5.82 Å². The van der Waals surface area contributed by atoms with Crippen LogP contribution in [0.3, 0.4) is 0 Å². The molecule has 0 saturated carbocycles. The van der Waals surface area contributed by atoms with E-state index in [-0.39, 0.29) is 18.4 Å². The van der Waals surface area contributed by atoms with Crippen LogP contribution in [0.25, 0.3) is 11.0 Å². The first-order chi connectivity index (χ1) is 11.5. The van der Waals surface area contributed by atoms with Gasteiger partial charge >= 0.3 is 0 Å². The molecule has 1 aliphatic rings. The summed E-state index contributed by atoms with van der Waals surface area (Å²) in [6.45, 7) is 5.53. The molecular weight excluding hydrogens is 304 g/mol. The Morgan fingerprint density at radius 3 is 3.08 bits per heavy atom. The first kappa shape index (κ1) is 16.2. The van der Waals surface area contributed by atoms with E-state index >= 15 is 0 Å². The molecule has 0 radical (unpaired) electrons. The van der Waals surface area contributed by atoms with Crippen molar-refractivity contribution in [3.05, 3.63) is 18.1 Å². The van der Waals surface area contributed by atoms with E-state index in [1.165, 1.54) is 0 Å². The maximum absolute atomic E-state index is 12.1. The number of aromatic nitrogens is 3. The highest BCUT2D eigenvalue weighted by Gasteiger charge is 2.32. The van der Waals surface area contributed by atoms with Gasteiger partial charge in [0.2, 0.25) is 5.91 Å². The molecule has 0 bridgehead atoms. The molecule has 2 aromatic rings. The molecule has 1 aliphatic heterocycles. The lowest BCUT2D eigenvalue weighted by Gasteiger charge is -2.42. The van der Waals surface area contributed by atoms with Gasteiger partial charge in [-0.15, -0.1) is 0 Å². The van der Waals surface area contributed by atoms with Gasteiger partial charge in [-0.25, -0.2) is 9.97 Å². The van der Waals surface area contributed by atoms with Gasteiger partial charge in [-0.05, 0) is 25.3 Å². The Balaban J connectivity index is 1.88. The number of fused-ring (bicyclic) bond motifs is 1. The number of nitrogens with one attached hydrogen (secondary N) is 1. The summed E-state index contributed by atoms with van der Waals surface area (Å²) in [5.74, 6) is 1.22. The first-order valence-electron chi connectivity index (χ1n) is 8.19. The number of carbonyl (C=O) groups excluding carboxylic acids is 1. The third kappa shape index (κ3) is 2.92. The molecule has 1 fully saturated rings. The summed E-state index contributed by atoms with van der Waals surface area (Å²) in [4.78, 5) is 28.0. The summed E-state index contributed by atoms with van der Waals surface area (Å²) >= 11 is 0. The molecule has 1 amide bonds. The van der Waals surface area contributed by atoms with Crippen molar-refractivity contribution in [3.8, 4) is 6.07 Å². The molecule has 1 N–H and O–H groups in total. The summed E-state index contributed by atoms with van der Waals surface area (Å²) < 4.78 is 0. The topological polar surface area (TPSA) is 88.9 Å². The average Bonchev–Trinajstić information content (AvgIpc) is 2.95. The van der Waals surface area contributed by atoms with E-state index in [0.29, 0.717) is 19.0 Å². The maximum Gasteiger partial charge on any atom is 0.236 e. The van der Waals surface area contributed by atoms with E-state index in [1.54, 1.807) is 11.2 Å². The molecule has 126 valence electrons. The molecule has 2 aromatic heterocycles. The Kier molecular flexibility index (Phi) is 4.38. The highest BCUT2D eigenvalue weighted by Crippen LogP contribution is 2.29. The Morgan fingerprint density at radius 2 is 2.33 bits per heavy atom. The van der Waals surface area contributed by atoms with Crippen LogP contribution >= 0.6 is 0 Å². The van der Waals surface area contributed by atoms with Crippen LogP contribution < -0.4 is 4.90 Å².